The summed E-state index contributed by atoms with van der Waals surface area (Å²) >= 11 is 0. The van der Waals surface area contributed by atoms with Gasteiger partial charge in [0.05, 0.1) is 31.9 Å². The third kappa shape index (κ3) is 6.87. The minimum Gasteiger partial charge on any atom is -0.380 e. The van der Waals surface area contributed by atoms with Crippen LogP contribution in [0.15, 0.2) is 23.2 Å². The number of rotatable bonds is 8. The van der Waals surface area contributed by atoms with Crippen molar-refractivity contribution in [2.24, 2.45) is 4.99 Å². The summed E-state index contributed by atoms with van der Waals surface area (Å²) in [5, 5.41) is 6.09. The molecule has 2 rings (SSSR count). The predicted molar refractivity (Wildman–Crippen MR) is 104 cm³/mol. The van der Waals surface area contributed by atoms with Crippen molar-refractivity contribution >= 4 is 11.6 Å². The first-order valence-corrected chi connectivity index (χ1v) is 9.58. The van der Waals surface area contributed by atoms with Crippen LogP contribution in [0.25, 0.3) is 0 Å². The highest BCUT2D eigenvalue weighted by Gasteiger charge is 2.34. The number of hydrogen-bond donors (Lipinski definition) is 2. The monoisotopic (exact) mass is 402 g/mol. The molecular weight excluding hydrogens is 373 g/mol. The van der Waals surface area contributed by atoms with Crippen molar-refractivity contribution in [3.63, 3.8) is 0 Å². The Morgan fingerprint density at radius 1 is 1.21 bits per heavy atom. The number of hydrogen-bond acceptors (Lipinski definition) is 4. The Morgan fingerprint density at radius 3 is 2.61 bits per heavy atom. The van der Waals surface area contributed by atoms with E-state index in [1.807, 2.05) is 18.7 Å². The number of ether oxygens (including phenoxy) is 2. The van der Waals surface area contributed by atoms with Crippen molar-refractivity contribution in [1.82, 2.24) is 10.6 Å². The van der Waals surface area contributed by atoms with Crippen molar-refractivity contribution in [2.45, 2.75) is 26.6 Å². The summed E-state index contributed by atoms with van der Waals surface area (Å²) in [4.78, 5) is 6.21. The molecule has 0 aromatic heterocycles. The van der Waals surface area contributed by atoms with Gasteiger partial charge in [-0.2, -0.15) is 13.2 Å². The van der Waals surface area contributed by atoms with Gasteiger partial charge in [0, 0.05) is 38.5 Å². The topological polar surface area (TPSA) is 58.1 Å². The number of nitrogens with one attached hydrogen (secondary N) is 2. The van der Waals surface area contributed by atoms with Crippen LogP contribution in [0.4, 0.5) is 18.9 Å². The van der Waals surface area contributed by atoms with Gasteiger partial charge in [0.25, 0.3) is 0 Å². The average molecular weight is 402 g/mol. The maximum absolute atomic E-state index is 13.6. The van der Waals surface area contributed by atoms with Crippen LogP contribution in [0.5, 0.6) is 0 Å². The molecule has 0 bridgehead atoms. The van der Waals surface area contributed by atoms with Crippen LogP contribution in [0, 0.1) is 0 Å². The fraction of sp³-hybridized carbons (Fsp3) is 0.632. The van der Waals surface area contributed by atoms with Crippen molar-refractivity contribution in [3.05, 3.63) is 29.3 Å². The lowest BCUT2D eigenvalue weighted by atomic mass is 10.1. The van der Waals surface area contributed by atoms with Gasteiger partial charge in [-0.1, -0.05) is 6.07 Å². The molecule has 0 saturated carbocycles. The number of aliphatic imine (C=N–C) groups is 1. The Morgan fingerprint density at radius 2 is 1.96 bits per heavy atom. The smallest absolute Gasteiger partial charge is 0.380 e. The van der Waals surface area contributed by atoms with E-state index in [2.05, 4.69) is 15.6 Å². The molecular formula is C19H29F3N4O2. The quantitative estimate of drug-likeness (QED) is 0.398. The van der Waals surface area contributed by atoms with Crippen LogP contribution >= 0.6 is 0 Å². The standard InChI is InChI=1S/C19H29F3N4O2/c1-3-23-18(24-7-10-27-4-2)25-14-15-5-6-16(13-17(15)19(20,21)22)26-8-11-28-12-9-26/h5-6,13H,3-4,7-12,14H2,1-2H3,(H2,23,24,25). The van der Waals surface area contributed by atoms with Gasteiger partial charge in [0.1, 0.15) is 0 Å². The largest absolute Gasteiger partial charge is 0.416 e. The fourth-order valence-corrected chi connectivity index (χ4v) is 2.88. The van der Waals surface area contributed by atoms with E-state index in [9.17, 15) is 13.2 Å². The second kappa shape index (κ2) is 11.1. The molecule has 1 aliphatic heterocycles. The summed E-state index contributed by atoms with van der Waals surface area (Å²) in [7, 11) is 0. The molecule has 0 radical (unpaired) electrons. The maximum atomic E-state index is 13.6. The van der Waals surface area contributed by atoms with E-state index in [1.165, 1.54) is 12.1 Å². The van der Waals surface area contributed by atoms with E-state index in [1.54, 1.807) is 6.07 Å². The number of morpholine rings is 1. The van der Waals surface area contributed by atoms with Gasteiger partial charge >= 0.3 is 6.18 Å². The predicted octanol–water partition coefficient (Wildman–Crippen LogP) is 2.63. The second-order valence-electron chi connectivity index (χ2n) is 6.26. The fourth-order valence-electron chi connectivity index (χ4n) is 2.88. The molecule has 1 fully saturated rings. The second-order valence-corrected chi connectivity index (χ2v) is 6.26. The Hall–Kier alpha value is -2.00. The van der Waals surface area contributed by atoms with Gasteiger partial charge in [0.15, 0.2) is 5.96 Å². The average Bonchev–Trinajstić information content (AvgIpc) is 2.69. The van der Waals surface area contributed by atoms with Crippen LogP contribution in [0.2, 0.25) is 0 Å². The van der Waals surface area contributed by atoms with E-state index < -0.39 is 11.7 Å². The van der Waals surface area contributed by atoms with Crippen LogP contribution in [0.1, 0.15) is 25.0 Å². The van der Waals surface area contributed by atoms with Crippen LogP contribution in [-0.2, 0) is 22.2 Å². The maximum Gasteiger partial charge on any atom is 0.416 e. The number of anilines is 1. The lowest BCUT2D eigenvalue weighted by Gasteiger charge is -2.29. The number of guanidine groups is 1. The molecule has 6 nitrogen and oxygen atoms in total. The third-order valence-corrected chi connectivity index (χ3v) is 4.27. The normalized spacial score (nSPS) is 15.6. The molecule has 28 heavy (non-hydrogen) atoms. The van der Waals surface area contributed by atoms with Gasteiger partial charge in [0.2, 0.25) is 0 Å². The van der Waals surface area contributed by atoms with E-state index >= 15 is 0 Å². The highest BCUT2D eigenvalue weighted by molar-refractivity contribution is 5.79. The minimum atomic E-state index is -4.44. The molecule has 0 amide bonds. The Balaban J connectivity index is 2.15. The Bertz CT molecular complexity index is 632. The summed E-state index contributed by atoms with van der Waals surface area (Å²) in [5.41, 5.74) is 0.0574. The number of benzene rings is 1. The molecule has 9 heteroatoms. The first kappa shape index (κ1) is 22.3. The van der Waals surface area contributed by atoms with Crippen molar-refractivity contribution in [2.75, 3.05) is 57.5 Å². The van der Waals surface area contributed by atoms with E-state index in [0.29, 0.717) is 64.3 Å². The number of halogens is 3. The van der Waals surface area contributed by atoms with Gasteiger partial charge in [-0.05, 0) is 31.5 Å². The molecule has 158 valence electrons. The van der Waals surface area contributed by atoms with Gasteiger partial charge < -0.3 is 25.0 Å². The minimum absolute atomic E-state index is 0.0673. The highest BCUT2D eigenvalue weighted by atomic mass is 19.4. The molecule has 1 saturated heterocycles. The molecule has 2 N–H and O–H groups in total. The number of nitrogens with zero attached hydrogens (tertiary/aromatic N) is 2. The Labute approximate surface area is 164 Å². The van der Waals surface area contributed by atoms with Gasteiger partial charge in [-0.3, -0.25) is 0 Å². The summed E-state index contributed by atoms with van der Waals surface area (Å²) in [6.07, 6.45) is -4.44. The van der Waals surface area contributed by atoms with E-state index in [4.69, 9.17) is 9.47 Å². The van der Waals surface area contributed by atoms with Gasteiger partial charge in [-0.15, -0.1) is 0 Å². The van der Waals surface area contributed by atoms with Crippen molar-refractivity contribution in [3.8, 4) is 0 Å². The molecule has 1 aromatic carbocycles. The van der Waals surface area contributed by atoms with Crippen molar-refractivity contribution < 1.29 is 22.6 Å². The lowest BCUT2D eigenvalue weighted by molar-refractivity contribution is -0.138. The first-order chi connectivity index (χ1) is 13.5. The van der Waals surface area contributed by atoms with Crippen molar-refractivity contribution in [1.29, 1.82) is 0 Å². The molecule has 1 aromatic rings. The summed E-state index contributed by atoms with van der Waals surface area (Å²) in [6.45, 7) is 8.21. The molecule has 1 aliphatic rings. The molecule has 0 atom stereocenters. The third-order valence-electron chi connectivity index (χ3n) is 4.27. The lowest BCUT2D eigenvalue weighted by Crippen LogP contribution is -2.39. The molecule has 1 heterocycles. The van der Waals surface area contributed by atoms with E-state index in [-0.39, 0.29) is 12.1 Å². The highest BCUT2D eigenvalue weighted by Crippen LogP contribution is 2.35. The molecule has 0 unspecified atom stereocenters. The van der Waals surface area contributed by atoms with Crippen LogP contribution in [0.3, 0.4) is 0 Å². The molecule has 0 spiro atoms. The summed E-state index contributed by atoms with van der Waals surface area (Å²) in [5.74, 6) is 0.465. The van der Waals surface area contributed by atoms with Crippen LogP contribution in [-0.4, -0.2) is 58.6 Å². The molecule has 0 aliphatic carbocycles. The van der Waals surface area contributed by atoms with Crippen LogP contribution < -0.4 is 15.5 Å². The zero-order chi connectivity index (χ0) is 20.4. The SMILES string of the molecule is CCNC(=NCc1ccc(N2CCOCC2)cc1C(F)(F)F)NCCOCC. The van der Waals surface area contributed by atoms with E-state index in [0.717, 1.165) is 0 Å². The summed E-state index contributed by atoms with van der Waals surface area (Å²) < 4.78 is 51.4. The number of alkyl halides is 3. The Kier molecular flexibility index (Phi) is 8.85. The first-order valence-electron chi connectivity index (χ1n) is 9.58. The zero-order valence-corrected chi connectivity index (χ0v) is 16.4. The summed E-state index contributed by atoms with van der Waals surface area (Å²) in [6, 6.07) is 4.45. The van der Waals surface area contributed by atoms with Gasteiger partial charge in [-0.25, -0.2) is 4.99 Å². The zero-order valence-electron chi connectivity index (χ0n) is 16.4.